The molecule has 160 valence electrons. The molecule has 1 aliphatic heterocycles. The van der Waals surface area contributed by atoms with Gasteiger partial charge in [-0.1, -0.05) is 61.3 Å². The molecular weight excluding hydrogens is 410 g/mol. The molecule has 0 saturated carbocycles. The molecule has 0 unspecified atom stereocenters. The maximum Gasteiger partial charge on any atom is 0.254 e. The Kier molecular flexibility index (Phi) is 6.52. The van der Waals surface area contributed by atoms with Crippen molar-refractivity contribution in [3.8, 4) is 11.3 Å². The van der Waals surface area contributed by atoms with Crippen molar-refractivity contribution in [2.24, 2.45) is 0 Å². The van der Waals surface area contributed by atoms with Crippen molar-refractivity contribution in [1.82, 2.24) is 14.8 Å². The average molecular weight is 436 g/mol. The van der Waals surface area contributed by atoms with Crippen LogP contribution in [0.15, 0.2) is 54.6 Å². The molecule has 0 atom stereocenters. The number of nitrogens with zero attached hydrogens (tertiary/aromatic N) is 3. The third-order valence-electron chi connectivity index (χ3n) is 5.74. The number of hydrogen-bond acceptors (Lipinski definition) is 3. The van der Waals surface area contributed by atoms with Crippen LogP contribution in [0.2, 0.25) is 5.02 Å². The van der Waals surface area contributed by atoms with Crippen LogP contribution in [0.4, 0.5) is 0 Å². The van der Waals surface area contributed by atoms with Crippen LogP contribution >= 0.6 is 11.6 Å². The quantitative estimate of drug-likeness (QED) is 0.564. The molecule has 31 heavy (non-hydrogen) atoms. The number of fused-ring (bicyclic) bond motifs is 1. The van der Waals surface area contributed by atoms with Crippen LogP contribution in [0.3, 0.4) is 0 Å². The van der Waals surface area contributed by atoms with E-state index in [1.807, 2.05) is 58.3 Å². The van der Waals surface area contributed by atoms with E-state index in [1.54, 1.807) is 6.07 Å². The van der Waals surface area contributed by atoms with Crippen LogP contribution in [0.5, 0.6) is 0 Å². The second kappa shape index (κ2) is 9.48. The minimum absolute atomic E-state index is 0.0365. The SMILES string of the molecule is CCCCC(=O)N1CCN(C(=O)c2ccc3c(Cl)cc(-c4ccccc4)nc3c2)CC1. The predicted molar refractivity (Wildman–Crippen MR) is 124 cm³/mol. The smallest absolute Gasteiger partial charge is 0.254 e. The number of hydrogen-bond donors (Lipinski definition) is 0. The van der Waals surface area contributed by atoms with E-state index < -0.39 is 0 Å². The number of amides is 2. The number of pyridine rings is 1. The van der Waals surface area contributed by atoms with Gasteiger partial charge < -0.3 is 9.80 Å². The number of carbonyl (C=O) groups is 2. The molecule has 1 saturated heterocycles. The van der Waals surface area contributed by atoms with Crippen LogP contribution in [-0.4, -0.2) is 52.8 Å². The summed E-state index contributed by atoms with van der Waals surface area (Å²) in [6, 6.07) is 17.2. The van der Waals surface area contributed by atoms with Crippen LogP contribution in [0, 0.1) is 0 Å². The standard InChI is InChI=1S/C25H26ClN3O2/c1-2-3-9-24(30)28-12-14-29(15-13-28)25(31)19-10-11-20-21(26)17-22(27-23(20)16-19)18-7-5-4-6-8-18/h4-8,10-11,16-17H,2-3,9,12-15H2,1H3. The zero-order valence-corrected chi connectivity index (χ0v) is 18.4. The third-order valence-corrected chi connectivity index (χ3v) is 6.05. The van der Waals surface area contributed by atoms with Gasteiger partial charge in [0.2, 0.25) is 5.91 Å². The lowest BCUT2D eigenvalue weighted by atomic mass is 10.1. The molecule has 2 heterocycles. The van der Waals surface area contributed by atoms with E-state index in [-0.39, 0.29) is 11.8 Å². The van der Waals surface area contributed by atoms with Gasteiger partial charge in [0.25, 0.3) is 5.91 Å². The molecule has 0 spiro atoms. The molecule has 0 bridgehead atoms. The highest BCUT2D eigenvalue weighted by Crippen LogP contribution is 2.29. The van der Waals surface area contributed by atoms with Crippen molar-refractivity contribution in [2.45, 2.75) is 26.2 Å². The highest BCUT2D eigenvalue weighted by Gasteiger charge is 2.24. The van der Waals surface area contributed by atoms with E-state index in [2.05, 4.69) is 6.92 Å². The first kappa shape index (κ1) is 21.3. The number of benzene rings is 2. The fourth-order valence-electron chi connectivity index (χ4n) is 3.90. The first-order valence-electron chi connectivity index (χ1n) is 10.8. The molecular formula is C25H26ClN3O2. The van der Waals surface area contributed by atoms with E-state index in [9.17, 15) is 9.59 Å². The van der Waals surface area contributed by atoms with Gasteiger partial charge >= 0.3 is 0 Å². The van der Waals surface area contributed by atoms with Crippen molar-refractivity contribution in [3.63, 3.8) is 0 Å². The minimum atomic E-state index is -0.0365. The maximum atomic E-state index is 13.1. The number of rotatable bonds is 5. The molecule has 0 radical (unpaired) electrons. The lowest BCUT2D eigenvalue weighted by Crippen LogP contribution is -2.50. The Bertz CT molecular complexity index is 1090. The Balaban J connectivity index is 1.52. The van der Waals surface area contributed by atoms with Gasteiger partial charge in [0.05, 0.1) is 16.2 Å². The summed E-state index contributed by atoms with van der Waals surface area (Å²) in [4.78, 5) is 33.8. The third kappa shape index (κ3) is 4.72. The van der Waals surface area contributed by atoms with Gasteiger partial charge in [0, 0.05) is 49.1 Å². The van der Waals surface area contributed by atoms with Crippen LogP contribution in [0.25, 0.3) is 22.2 Å². The van der Waals surface area contributed by atoms with Gasteiger partial charge in [0.15, 0.2) is 0 Å². The lowest BCUT2D eigenvalue weighted by Gasteiger charge is -2.35. The molecule has 2 aromatic carbocycles. The maximum absolute atomic E-state index is 13.1. The van der Waals surface area contributed by atoms with Gasteiger partial charge in [-0.2, -0.15) is 0 Å². The number of halogens is 1. The van der Waals surface area contributed by atoms with Crippen molar-refractivity contribution in [3.05, 3.63) is 65.2 Å². The number of aromatic nitrogens is 1. The van der Waals surface area contributed by atoms with E-state index in [0.29, 0.717) is 48.7 Å². The molecule has 0 N–H and O–H groups in total. The van der Waals surface area contributed by atoms with E-state index in [4.69, 9.17) is 16.6 Å². The zero-order chi connectivity index (χ0) is 21.8. The number of piperazine rings is 1. The first-order chi connectivity index (χ1) is 15.1. The molecule has 1 fully saturated rings. The second-order valence-corrected chi connectivity index (χ2v) is 8.27. The van der Waals surface area contributed by atoms with Crippen molar-refractivity contribution in [2.75, 3.05) is 26.2 Å². The zero-order valence-electron chi connectivity index (χ0n) is 17.7. The molecule has 1 aromatic heterocycles. The summed E-state index contributed by atoms with van der Waals surface area (Å²) >= 11 is 6.50. The van der Waals surface area contributed by atoms with Gasteiger partial charge in [-0.3, -0.25) is 9.59 Å². The van der Waals surface area contributed by atoms with Crippen molar-refractivity contribution >= 4 is 34.3 Å². The molecule has 6 heteroatoms. The summed E-state index contributed by atoms with van der Waals surface area (Å²) in [5.41, 5.74) is 3.05. The monoisotopic (exact) mass is 435 g/mol. The van der Waals surface area contributed by atoms with E-state index >= 15 is 0 Å². The topological polar surface area (TPSA) is 53.5 Å². The Labute approximate surface area is 187 Å². The Morgan fingerprint density at radius 1 is 0.968 bits per heavy atom. The van der Waals surface area contributed by atoms with Crippen LogP contribution < -0.4 is 0 Å². The molecule has 2 amide bonds. The average Bonchev–Trinajstić information content (AvgIpc) is 2.82. The Hall–Kier alpha value is -2.92. The predicted octanol–water partition coefficient (Wildman–Crippen LogP) is 5.03. The lowest BCUT2D eigenvalue weighted by molar-refractivity contribution is -0.132. The first-order valence-corrected chi connectivity index (χ1v) is 11.2. The summed E-state index contributed by atoms with van der Waals surface area (Å²) in [6.45, 7) is 4.35. The molecule has 4 rings (SSSR count). The van der Waals surface area contributed by atoms with Crippen LogP contribution in [-0.2, 0) is 4.79 Å². The summed E-state index contributed by atoms with van der Waals surface area (Å²) in [5.74, 6) is 0.150. The summed E-state index contributed by atoms with van der Waals surface area (Å²) in [6.07, 6.45) is 2.51. The van der Waals surface area contributed by atoms with Gasteiger partial charge in [-0.25, -0.2) is 4.98 Å². The summed E-state index contributed by atoms with van der Waals surface area (Å²) in [5, 5.41) is 1.44. The van der Waals surface area contributed by atoms with Crippen molar-refractivity contribution in [1.29, 1.82) is 0 Å². The Morgan fingerprint density at radius 2 is 1.68 bits per heavy atom. The van der Waals surface area contributed by atoms with Gasteiger partial charge in [-0.05, 0) is 24.6 Å². The molecule has 3 aromatic rings. The van der Waals surface area contributed by atoms with Crippen LogP contribution in [0.1, 0.15) is 36.5 Å². The number of carbonyl (C=O) groups excluding carboxylic acids is 2. The minimum Gasteiger partial charge on any atom is -0.339 e. The normalized spacial score (nSPS) is 14.1. The van der Waals surface area contributed by atoms with Gasteiger partial charge in [0.1, 0.15) is 0 Å². The van der Waals surface area contributed by atoms with E-state index in [1.165, 1.54) is 0 Å². The highest BCUT2D eigenvalue weighted by atomic mass is 35.5. The van der Waals surface area contributed by atoms with Gasteiger partial charge in [-0.15, -0.1) is 0 Å². The van der Waals surface area contributed by atoms with Crippen molar-refractivity contribution < 1.29 is 9.59 Å². The second-order valence-electron chi connectivity index (χ2n) is 7.86. The molecule has 1 aliphatic rings. The fraction of sp³-hybridized carbons (Fsp3) is 0.320. The fourth-order valence-corrected chi connectivity index (χ4v) is 4.17. The molecule has 0 aliphatic carbocycles. The largest absolute Gasteiger partial charge is 0.339 e. The Morgan fingerprint density at radius 3 is 2.39 bits per heavy atom. The van der Waals surface area contributed by atoms with E-state index in [0.717, 1.165) is 29.5 Å². The summed E-state index contributed by atoms with van der Waals surface area (Å²) in [7, 11) is 0. The highest BCUT2D eigenvalue weighted by molar-refractivity contribution is 6.35. The summed E-state index contributed by atoms with van der Waals surface area (Å²) < 4.78 is 0. The number of unbranched alkanes of at least 4 members (excludes halogenated alkanes) is 1. The molecule has 5 nitrogen and oxygen atoms in total.